The van der Waals surface area contributed by atoms with Gasteiger partial charge in [-0.2, -0.15) is 0 Å². The van der Waals surface area contributed by atoms with E-state index in [1.807, 2.05) is 25.7 Å². The van der Waals surface area contributed by atoms with E-state index in [9.17, 15) is 9.59 Å². The Hall–Kier alpha value is -1.10. The lowest BCUT2D eigenvalue weighted by Gasteiger charge is -2.35. The largest absolute Gasteiger partial charge is 0.353 e. The molecule has 3 atom stereocenters. The highest BCUT2D eigenvalue weighted by atomic mass is 16.2. The van der Waals surface area contributed by atoms with Gasteiger partial charge in [0.15, 0.2) is 0 Å². The van der Waals surface area contributed by atoms with Gasteiger partial charge in [-0.25, -0.2) is 0 Å². The summed E-state index contributed by atoms with van der Waals surface area (Å²) in [5, 5.41) is 6.03. The lowest BCUT2D eigenvalue weighted by Crippen LogP contribution is -2.49. The second-order valence-corrected chi connectivity index (χ2v) is 6.97. The zero-order valence-corrected chi connectivity index (χ0v) is 14.8. The molecular weight excluding hydrogens is 278 g/mol. The Morgan fingerprint density at radius 1 is 1.14 bits per heavy atom. The zero-order valence-electron chi connectivity index (χ0n) is 14.8. The average molecular weight is 311 g/mol. The molecule has 0 unspecified atom stereocenters. The minimum atomic E-state index is -0.0238. The first kappa shape index (κ1) is 18.9. The van der Waals surface area contributed by atoms with E-state index >= 15 is 0 Å². The predicted octanol–water partition coefficient (Wildman–Crippen LogP) is 1.77. The smallest absolute Gasteiger partial charge is 0.234 e. The normalized spacial score (nSPS) is 25.3. The summed E-state index contributed by atoms with van der Waals surface area (Å²) >= 11 is 0. The van der Waals surface area contributed by atoms with E-state index in [2.05, 4.69) is 24.5 Å². The van der Waals surface area contributed by atoms with Crippen LogP contribution in [0.25, 0.3) is 0 Å². The van der Waals surface area contributed by atoms with Crippen molar-refractivity contribution in [3.8, 4) is 0 Å². The summed E-state index contributed by atoms with van der Waals surface area (Å²) in [7, 11) is 0. The van der Waals surface area contributed by atoms with Crippen LogP contribution in [0.5, 0.6) is 0 Å². The molecule has 5 nitrogen and oxygen atoms in total. The van der Waals surface area contributed by atoms with Crippen LogP contribution < -0.4 is 10.6 Å². The van der Waals surface area contributed by atoms with Gasteiger partial charge in [-0.05, 0) is 38.6 Å². The van der Waals surface area contributed by atoms with E-state index in [-0.39, 0.29) is 30.4 Å². The summed E-state index contributed by atoms with van der Waals surface area (Å²) in [6.07, 6.45) is 3.51. The third-order valence-electron chi connectivity index (χ3n) is 4.68. The molecule has 0 heterocycles. The van der Waals surface area contributed by atoms with Gasteiger partial charge in [-0.15, -0.1) is 0 Å². The molecule has 0 aromatic carbocycles. The van der Waals surface area contributed by atoms with E-state index in [1.54, 1.807) is 0 Å². The highest BCUT2D eigenvalue weighted by Gasteiger charge is 2.28. The first-order valence-electron chi connectivity index (χ1n) is 8.64. The van der Waals surface area contributed by atoms with Crippen LogP contribution in [-0.4, -0.2) is 48.4 Å². The molecule has 0 bridgehead atoms. The van der Waals surface area contributed by atoms with Crippen molar-refractivity contribution >= 4 is 11.8 Å². The molecule has 0 saturated heterocycles. The first-order chi connectivity index (χ1) is 10.3. The fraction of sp³-hybridized carbons (Fsp3) is 0.882. The van der Waals surface area contributed by atoms with Crippen molar-refractivity contribution in [2.24, 2.45) is 11.8 Å². The van der Waals surface area contributed by atoms with Crippen molar-refractivity contribution in [1.29, 1.82) is 0 Å². The van der Waals surface area contributed by atoms with E-state index in [1.165, 1.54) is 12.8 Å². The molecule has 0 radical (unpaired) electrons. The minimum absolute atomic E-state index is 0.0238. The van der Waals surface area contributed by atoms with E-state index < -0.39 is 0 Å². The van der Waals surface area contributed by atoms with Gasteiger partial charge in [0.05, 0.1) is 13.1 Å². The molecule has 1 aliphatic carbocycles. The van der Waals surface area contributed by atoms with Gasteiger partial charge in [-0.3, -0.25) is 14.5 Å². The maximum atomic E-state index is 12.3. The van der Waals surface area contributed by atoms with Crippen LogP contribution in [0.15, 0.2) is 0 Å². The number of nitrogens with zero attached hydrogens (tertiary/aromatic N) is 1. The Bertz CT molecular complexity index is 371. The van der Waals surface area contributed by atoms with Crippen molar-refractivity contribution in [2.45, 2.75) is 66.0 Å². The fourth-order valence-electron chi connectivity index (χ4n) is 3.09. The van der Waals surface area contributed by atoms with Crippen LogP contribution in [0.3, 0.4) is 0 Å². The third-order valence-corrected chi connectivity index (χ3v) is 4.68. The van der Waals surface area contributed by atoms with Gasteiger partial charge in [0, 0.05) is 12.1 Å². The van der Waals surface area contributed by atoms with Gasteiger partial charge in [0.25, 0.3) is 0 Å². The van der Waals surface area contributed by atoms with Crippen molar-refractivity contribution in [3.05, 3.63) is 0 Å². The number of hydrogen-bond acceptors (Lipinski definition) is 3. The van der Waals surface area contributed by atoms with Crippen LogP contribution in [0, 0.1) is 11.8 Å². The monoisotopic (exact) mass is 311 g/mol. The van der Waals surface area contributed by atoms with Gasteiger partial charge in [0.2, 0.25) is 11.8 Å². The van der Waals surface area contributed by atoms with Crippen LogP contribution in [0.1, 0.15) is 53.9 Å². The standard InChI is InChI=1S/C17H33N3O2/c1-6-20(10-16(21)18-12(2)3)11-17(22)19-15-9-7-8-13(4)14(15)5/h12-15H,6-11H2,1-5H3,(H,18,21)(H,19,22)/t13-,14+,15+/m0/s1. The zero-order chi connectivity index (χ0) is 16.7. The Labute approximate surface area is 135 Å². The Balaban J connectivity index is 2.42. The Morgan fingerprint density at radius 2 is 1.77 bits per heavy atom. The SMILES string of the molecule is CCN(CC(=O)NC(C)C)CC(=O)N[C@@H]1CCC[C@H](C)[C@H]1C. The summed E-state index contributed by atoms with van der Waals surface area (Å²) in [5.41, 5.74) is 0. The molecule has 2 amide bonds. The second-order valence-electron chi connectivity index (χ2n) is 6.97. The molecule has 0 aliphatic heterocycles. The minimum Gasteiger partial charge on any atom is -0.353 e. The van der Waals surface area contributed by atoms with Gasteiger partial charge < -0.3 is 10.6 Å². The maximum absolute atomic E-state index is 12.3. The summed E-state index contributed by atoms with van der Waals surface area (Å²) in [6.45, 7) is 11.6. The lowest BCUT2D eigenvalue weighted by atomic mass is 9.78. The molecular formula is C17H33N3O2. The van der Waals surface area contributed by atoms with Gasteiger partial charge in [0.1, 0.15) is 0 Å². The number of nitrogens with one attached hydrogen (secondary N) is 2. The lowest BCUT2D eigenvalue weighted by molar-refractivity contribution is -0.126. The highest BCUT2D eigenvalue weighted by molar-refractivity contribution is 5.81. The van der Waals surface area contributed by atoms with Crippen molar-refractivity contribution < 1.29 is 9.59 Å². The second kappa shape index (κ2) is 9.13. The van der Waals surface area contributed by atoms with Crippen LogP contribution >= 0.6 is 0 Å². The molecule has 0 aromatic heterocycles. The number of carbonyl (C=O) groups is 2. The molecule has 1 aliphatic rings. The molecule has 5 heteroatoms. The molecule has 0 spiro atoms. The number of likely N-dealkylation sites (N-methyl/N-ethyl adjacent to an activating group) is 1. The maximum Gasteiger partial charge on any atom is 0.234 e. The number of amides is 2. The first-order valence-corrected chi connectivity index (χ1v) is 8.64. The van der Waals surface area contributed by atoms with Crippen LogP contribution in [-0.2, 0) is 9.59 Å². The summed E-state index contributed by atoms with van der Waals surface area (Å²) in [4.78, 5) is 25.9. The molecule has 2 N–H and O–H groups in total. The average Bonchev–Trinajstić information content (AvgIpc) is 2.42. The topological polar surface area (TPSA) is 61.4 Å². The quantitative estimate of drug-likeness (QED) is 0.753. The Morgan fingerprint density at radius 3 is 2.36 bits per heavy atom. The van der Waals surface area contributed by atoms with E-state index in [0.29, 0.717) is 24.9 Å². The van der Waals surface area contributed by atoms with Gasteiger partial charge >= 0.3 is 0 Å². The summed E-state index contributed by atoms with van der Waals surface area (Å²) < 4.78 is 0. The van der Waals surface area contributed by atoms with Gasteiger partial charge in [-0.1, -0.05) is 33.6 Å². The van der Waals surface area contributed by atoms with Crippen LogP contribution in [0.2, 0.25) is 0 Å². The molecule has 22 heavy (non-hydrogen) atoms. The fourth-order valence-corrected chi connectivity index (χ4v) is 3.09. The van der Waals surface area contributed by atoms with E-state index in [0.717, 1.165) is 6.42 Å². The predicted molar refractivity (Wildman–Crippen MR) is 89.5 cm³/mol. The van der Waals surface area contributed by atoms with Crippen molar-refractivity contribution in [3.63, 3.8) is 0 Å². The number of carbonyl (C=O) groups excluding carboxylic acids is 2. The number of rotatable bonds is 7. The summed E-state index contributed by atoms with van der Waals surface area (Å²) in [6, 6.07) is 0.407. The number of hydrogen-bond donors (Lipinski definition) is 2. The Kier molecular flexibility index (Phi) is 7.87. The molecule has 1 rings (SSSR count). The third kappa shape index (κ3) is 6.34. The van der Waals surface area contributed by atoms with E-state index in [4.69, 9.17) is 0 Å². The van der Waals surface area contributed by atoms with Crippen molar-refractivity contribution in [2.75, 3.05) is 19.6 Å². The van der Waals surface area contributed by atoms with Crippen LogP contribution in [0.4, 0.5) is 0 Å². The molecule has 128 valence electrons. The molecule has 0 aromatic rings. The highest BCUT2D eigenvalue weighted by Crippen LogP contribution is 2.29. The molecule has 1 fully saturated rings. The molecule has 1 saturated carbocycles. The van der Waals surface area contributed by atoms with Crippen molar-refractivity contribution in [1.82, 2.24) is 15.5 Å². The summed E-state index contributed by atoms with van der Waals surface area (Å²) in [5.74, 6) is 1.20.